The molecule has 0 amide bonds. The van der Waals surface area contributed by atoms with Gasteiger partial charge in [-0.3, -0.25) is 9.59 Å². The Morgan fingerprint density at radius 1 is 1.03 bits per heavy atom. The Morgan fingerprint density at radius 3 is 2.54 bits per heavy atom. The highest BCUT2D eigenvalue weighted by Crippen LogP contribution is 2.36. The number of fused-ring (bicyclic) bond motifs is 1. The van der Waals surface area contributed by atoms with Gasteiger partial charge in [0.1, 0.15) is 12.3 Å². The zero-order valence-corrected chi connectivity index (χ0v) is 22.2. The number of Topliss-reactive ketones (excluding diaryl/α,β-unsaturated/α-hetero) is 2. The third-order valence-electron chi connectivity index (χ3n) is 6.10. The molecule has 7 nitrogen and oxygen atoms in total. The van der Waals surface area contributed by atoms with Gasteiger partial charge in [-0.2, -0.15) is 0 Å². The number of ketones is 2. The first-order valence-electron chi connectivity index (χ1n) is 12.0. The number of methoxy groups -OCH3 is 1. The smallest absolute Gasteiger partial charge is 0.181 e. The molecule has 0 spiro atoms. The Balaban J connectivity index is 1.56. The minimum atomic E-state index is -0.191. The first-order valence-corrected chi connectivity index (χ1v) is 12.8. The quantitative estimate of drug-likeness (QED) is 0.260. The number of anilines is 1. The molecule has 0 unspecified atom stereocenters. The SMILES string of the molecule is COc1cc(C(=O)CCC(=O)c2cc(N(C)C)cc(-c3csc4c(C)cccc34)n2)ccc1OCCO. The van der Waals surface area contributed by atoms with E-state index in [1.165, 1.54) is 17.4 Å². The standard InChI is InChI=1S/C29H30N2O5S/c1-18-6-5-7-21-22(17-37-29(18)21)23-15-20(31(2)3)16-24(30-23)26(34)10-9-25(33)19-8-11-27(36-13-12-32)28(14-19)35-4/h5-8,11,14-17,32H,9-10,12-13H2,1-4H3. The number of carbonyl (C=O) groups excluding carboxylic acids is 2. The largest absolute Gasteiger partial charge is 0.493 e. The van der Waals surface area contributed by atoms with Crippen LogP contribution in [0.5, 0.6) is 11.5 Å². The topological polar surface area (TPSA) is 89.0 Å². The molecule has 4 aromatic rings. The second kappa shape index (κ2) is 11.5. The number of aromatic nitrogens is 1. The molecule has 1 N–H and O–H groups in total. The summed E-state index contributed by atoms with van der Waals surface area (Å²) >= 11 is 1.67. The average Bonchev–Trinajstić information content (AvgIpc) is 3.35. The van der Waals surface area contributed by atoms with Gasteiger partial charge in [0.15, 0.2) is 23.1 Å². The summed E-state index contributed by atoms with van der Waals surface area (Å²) in [7, 11) is 5.33. The summed E-state index contributed by atoms with van der Waals surface area (Å²) in [5.41, 5.74) is 4.57. The molecule has 2 aromatic heterocycles. The van der Waals surface area contributed by atoms with Crippen molar-refractivity contribution in [1.29, 1.82) is 0 Å². The van der Waals surface area contributed by atoms with Crippen molar-refractivity contribution in [2.75, 3.05) is 39.3 Å². The van der Waals surface area contributed by atoms with Crippen LogP contribution in [0.3, 0.4) is 0 Å². The van der Waals surface area contributed by atoms with Crippen LogP contribution in [0.25, 0.3) is 21.3 Å². The molecule has 0 fully saturated rings. The molecule has 0 aliphatic rings. The Kier molecular flexibility index (Phi) is 8.21. The zero-order valence-electron chi connectivity index (χ0n) is 21.4. The van der Waals surface area contributed by atoms with Crippen molar-refractivity contribution in [3.05, 3.63) is 70.7 Å². The van der Waals surface area contributed by atoms with Gasteiger partial charge in [0.25, 0.3) is 0 Å². The summed E-state index contributed by atoms with van der Waals surface area (Å²) in [5, 5.41) is 12.2. The fourth-order valence-electron chi connectivity index (χ4n) is 4.07. The van der Waals surface area contributed by atoms with Gasteiger partial charge in [-0.15, -0.1) is 11.3 Å². The Labute approximate surface area is 220 Å². The molecule has 8 heteroatoms. The van der Waals surface area contributed by atoms with Crippen molar-refractivity contribution >= 4 is 38.7 Å². The number of aliphatic hydroxyl groups is 1. The van der Waals surface area contributed by atoms with Gasteiger partial charge in [-0.05, 0) is 42.8 Å². The number of thiophene rings is 1. The molecule has 0 aliphatic carbocycles. The van der Waals surface area contributed by atoms with Gasteiger partial charge < -0.3 is 19.5 Å². The van der Waals surface area contributed by atoms with E-state index >= 15 is 0 Å². The summed E-state index contributed by atoms with van der Waals surface area (Å²) in [5.74, 6) is 0.471. The molecule has 0 atom stereocenters. The molecular formula is C29H30N2O5S. The highest BCUT2D eigenvalue weighted by Gasteiger charge is 2.18. The summed E-state index contributed by atoms with van der Waals surface area (Å²) < 4.78 is 11.9. The predicted octanol–water partition coefficient (Wildman–Crippen LogP) is 5.56. The van der Waals surface area contributed by atoms with Gasteiger partial charge in [-0.1, -0.05) is 18.2 Å². The average molecular weight is 519 g/mol. The van der Waals surface area contributed by atoms with Gasteiger partial charge in [0, 0.05) is 59.2 Å². The fraction of sp³-hybridized carbons (Fsp3) is 0.276. The van der Waals surface area contributed by atoms with Gasteiger partial charge in [0.2, 0.25) is 0 Å². The zero-order chi connectivity index (χ0) is 26.5. The van der Waals surface area contributed by atoms with Crippen LogP contribution < -0.4 is 14.4 Å². The third kappa shape index (κ3) is 5.81. The van der Waals surface area contributed by atoms with Crippen molar-refractivity contribution in [2.24, 2.45) is 0 Å². The Morgan fingerprint density at radius 2 is 1.81 bits per heavy atom. The van der Waals surface area contributed by atoms with Crippen molar-refractivity contribution in [1.82, 2.24) is 4.98 Å². The van der Waals surface area contributed by atoms with Gasteiger partial charge in [0.05, 0.1) is 19.4 Å². The first-order chi connectivity index (χ1) is 17.8. The van der Waals surface area contributed by atoms with Gasteiger partial charge in [-0.25, -0.2) is 4.98 Å². The Hall–Kier alpha value is -3.75. The maximum absolute atomic E-state index is 13.2. The number of hydrogen-bond acceptors (Lipinski definition) is 8. The third-order valence-corrected chi connectivity index (χ3v) is 7.23. The second-order valence-electron chi connectivity index (χ2n) is 8.88. The van der Waals surface area contributed by atoms with Crippen LogP contribution in [-0.4, -0.2) is 56.1 Å². The van der Waals surface area contributed by atoms with Gasteiger partial charge >= 0.3 is 0 Å². The Bertz CT molecular complexity index is 1440. The number of benzene rings is 2. The molecule has 0 bridgehead atoms. The van der Waals surface area contributed by atoms with Crippen LogP contribution in [0.1, 0.15) is 39.3 Å². The van der Waals surface area contributed by atoms with Crippen LogP contribution in [0.15, 0.2) is 53.9 Å². The minimum absolute atomic E-state index is 0.0384. The first kappa shape index (κ1) is 26.3. The number of hydrogen-bond donors (Lipinski definition) is 1. The number of nitrogens with zero attached hydrogens (tertiary/aromatic N) is 2. The minimum Gasteiger partial charge on any atom is -0.493 e. The van der Waals surface area contributed by atoms with E-state index in [9.17, 15) is 9.59 Å². The fourth-order valence-corrected chi connectivity index (χ4v) is 5.11. The van der Waals surface area contributed by atoms with Crippen molar-refractivity contribution in [3.63, 3.8) is 0 Å². The number of aryl methyl sites for hydroxylation is 1. The van der Waals surface area contributed by atoms with Crippen LogP contribution in [0, 0.1) is 6.92 Å². The number of aliphatic hydroxyl groups excluding tert-OH is 1. The van der Waals surface area contributed by atoms with E-state index in [0.717, 1.165) is 22.3 Å². The molecule has 2 heterocycles. The molecule has 192 valence electrons. The number of rotatable bonds is 11. The van der Waals surface area contributed by atoms with Crippen LogP contribution in [0.2, 0.25) is 0 Å². The summed E-state index contributed by atoms with van der Waals surface area (Å²) in [6.07, 6.45) is 0.0827. The maximum atomic E-state index is 13.2. The molecule has 0 radical (unpaired) electrons. The van der Waals surface area contributed by atoms with E-state index in [1.54, 1.807) is 35.6 Å². The van der Waals surface area contributed by atoms with Crippen LogP contribution in [-0.2, 0) is 0 Å². The lowest BCUT2D eigenvalue weighted by atomic mass is 10.0. The molecular weight excluding hydrogens is 488 g/mol. The van der Waals surface area contributed by atoms with Crippen LogP contribution >= 0.6 is 11.3 Å². The van der Waals surface area contributed by atoms with Crippen molar-refractivity contribution < 1.29 is 24.2 Å². The van der Waals surface area contributed by atoms with E-state index < -0.39 is 0 Å². The molecule has 0 aliphatic heterocycles. The van der Waals surface area contributed by atoms with E-state index in [1.807, 2.05) is 31.1 Å². The lowest BCUT2D eigenvalue weighted by molar-refractivity contribution is 0.0915. The molecule has 2 aromatic carbocycles. The lowest BCUT2D eigenvalue weighted by Gasteiger charge is -2.15. The van der Waals surface area contributed by atoms with Crippen LogP contribution in [0.4, 0.5) is 5.69 Å². The molecule has 37 heavy (non-hydrogen) atoms. The van der Waals surface area contributed by atoms with Crippen molar-refractivity contribution in [3.8, 4) is 22.8 Å². The van der Waals surface area contributed by atoms with E-state index in [4.69, 9.17) is 19.6 Å². The summed E-state index contributed by atoms with van der Waals surface area (Å²) in [4.78, 5) is 32.7. The van der Waals surface area contributed by atoms with Crippen molar-refractivity contribution in [2.45, 2.75) is 19.8 Å². The molecule has 4 rings (SSSR count). The highest BCUT2D eigenvalue weighted by molar-refractivity contribution is 7.18. The predicted molar refractivity (Wildman–Crippen MR) is 148 cm³/mol. The molecule has 0 saturated carbocycles. The number of pyridine rings is 1. The maximum Gasteiger partial charge on any atom is 0.181 e. The normalized spacial score (nSPS) is 10.9. The summed E-state index contributed by atoms with van der Waals surface area (Å²) in [6, 6.07) is 14.8. The number of ether oxygens (including phenoxy) is 2. The van der Waals surface area contributed by atoms with E-state index in [-0.39, 0.29) is 37.6 Å². The van der Waals surface area contributed by atoms with E-state index in [2.05, 4.69) is 24.4 Å². The highest BCUT2D eigenvalue weighted by atomic mass is 32.1. The monoisotopic (exact) mass is 518 g/mol. The lowest BCUT2D eigenvalue weighted by Crippen LogP contribution is -2.12. The molecule has 0 saturated heterocycles. The van der Waals surface area contributed by atoms with E-state index in [0.29, 0.717) is 22.8 Å². The second-order valence-corrected chi connectivity index (χ2v) is 9.75. The number of carbonyl (C=O) groups is 2. The summed E-state index contributed by atoms with van der Waals surface area (Å²) in [6.45, 7) is 2.09.